The first-order valence-electron chi connectivity index (χ1n) is 8.44. The van der Waals surface area contributed by atoms with E-state index in [1.165, 1.54) is 13.8 Å². The highest BCUT2D eigenvalue weighted by molar-refractivity contribution is 9.10. The molecular weight excluding hydrogens is 388 g/mol. The lowest BCUT2D eigenvalue weighted by molar-refractivity contribution is -0.156. The summed E-state index contributed by atoms with van der Waals surface area (Å²) < 4.78 is 6.03. The van der Waals surface area contributed by atoms with Crippen molar-refractivity contribution in [2.75, 3.05) is 0 Å². The smallest absolute Gasteiger partial charge is 0.329 e. The van der Waals surface area contributed by atoms with Crippen molar-refractivity contribution < 1.29 is 19.1 Å². The predicted octanol–water partition coefficient (Wildman–Crippen LogP) is 2.56. The van der Waals surface area contributed by atoms with Crippen molar-refractivity contribution in [2.24, 2.45) is 0 Å². The van der Waals surface area contributed by atoms with Gasteiger partial charge in [0, 0.05) is 16.1 Å². The van der Waals surface area contributed by atoms with Gasteiger partial charge in [-0.05, 0) is 51.0 Å². The lowest BCUT2D eigenvalue weighted by Crippen LogP contribution is -2.45. The van der Waals surface area contributed by atoms with Gasteiger partial charge in [0.2, 0.25) is 0 Å². The van der Waals surface area contributed by atoms with Crippen LogP contribution in [0.15, 0.2) is 28.7 Å². The van der Waals surface area contributed by atoms with Crippen molar-refractivity contribution in [2.45, 2.75) is 57.7 Å². The van der Waals surface area contributed by atoms with Crippen LogP contribution in [0.5, 0.6) is 0 Å². The van der Waals surface area contributed by atoms with Gasteiger partial charge in [-0.2, -0.15) is 0 Å². The van der Waals surface area contributed by atoms with Crippen LogP contribution in [0.1, 0.15) is 49.9 Å². The Bertz CT molecular complexity index is 626. The van der Waals surface area contributed by atoms with E-state index in [9.17, 15) is 14.4 Å². The fourth-order valence-corrected chi connectivity index (χ4v) is 2.92. The number of hydrogen-bond acceptors (Lipinski definition) is 4. The maximum absolute atomic E-state index is 12.1. The van der Waals surface area contributed by atoms with E-state index >= 15 is 0 Å². The summed E-state index contributed by atoms with van der Waals surface area (Å²) in [6, 6.07) is 6.10. The van der Waals surface area contributed by atoms with E-state index in [2.05, 4.69) is 26.6 Å². The third-order valence-electron chi connectivity index (χ3n) is 4.17. The second-order valence-electron chi connectivity index (χ2n) is 6.27. The monoisotopic (exact) mass is 410 g/mol. The van der Waals surface area contributed by atoms with Crippen LogP contribution in [0.4, 0.5) is 0 Å². The summed E-state index contributed by atoms with van der Waals surface area (Å²) in [5.41, 5.74) is 0.440. The molecule has 25 heavy (non-hydrogen) atoms. The van der Waals surface area contributed by atoms with Crippen LogP contribution in [0, 0.1) is 0 Å². The average molecular weight is 411 g/mol. The zero-order valence-electron chi connectivity index (χ0n) is 14.4. The number of amides is 2. The number of carbonyl (C=O) groups excluding carboxylic acids is 3. The summed E-state index contributed by atoms with van der Waals surface area (Å²) in [5, 5.41) is 5.46. The zero-order valence-corrected chi connectivity index (χ0v) is 16.0. The highest BCUT2D eigenvalue weighted by Gasteiger charge is 2.25. The molecule has 1 fully saturated rings. The Morgan fingerprint density at radius 2 is 1.72 bits per heavy atom. The van der Waals surface area contributed by atoms with Crippen LogP contribution in [-0.4, -0.2) is 36.0 Å². The second kappa shape index (κ2) is 8.99. The van der Waals surface area contributed by atoms with Gasteiger partial charge >= 0.3 is 5.97 Å². The van der Waals surface area contributed by atoms with Crippen LogP contribution in [0.25, 0.3) is 0 Å². The van der Waals surface area contributed by atoms with Crippen molar-refractivity contribution in [3.63, 3.8) is 0 Å². The fourth-order valence-electron chi connectivity index (χ4n) is 2.66. The first kappa shape index (κ1) is 19.4. The maximum Gasteiger partial charge on any atom is 0.329 e. The van der Waals surface area contributed by atoms with E-state index in [1.807, 2.05) is 0 Å². The summed E-state index contributed by atoms with van der Waals surface area (Å²) in [6.07, 6.45) is 3.26. The molecule has 1 aliphatic carbocycles. The number of esters is 1. The molecule has 0 bridgehead atoms. The Morgan fingerprint density at radius 3 is 2.32 bits per heavy atom. The zero-order chi connectivity index (χ0) is 18.4. The molecule has 1 saturated carbocycles. The Kier molecular flexibility index (Phi) is 6.99. The third kappa shape index (κ3) is 5.85. The average Bonchev–Trinajstić information content (AvgIpc) is 3.08. The molecule has 136 valence electrons. The molecule has 7 heteroatoms. The molecule has 0 aliphatic heterocycles. The lowest BCUT2D eigenvalue weighted by Gasteiger charge is -2.19. The SMILES string of the molecule is C[C@H](NC(=O)c1ccc(Br)cc1)C(=O)O[C@H](C)C(=O)NC1CCCC1. The number of rotatable bonds is 6. The predicted molar refractivity (Wildman–Crippen MR) is 97.0 cm³/mol. The van der Waals surface area contributed by atoms with Crippen LogP contribution in [-0.2, 0) is 14.3 Å². The Morgan fingerprint density at radius 1 is 1.12 bits per heavy atom. The molecule has 1 aromatic rings. The van der Waals surface area contributed by atoms with E-state index in [4.69, 9.17) is 4.74 Å². The van der Waals surface area contributed by atoms with Crippen LogP contribution >= 0.6 is 15.9 Å². The van der Waals surface area contributed by atoms with Gasteiger partial charge in [0.15, 0.2) is 6.10 Å². The summed E-state index contributed by atoms with van der Waals surface area (Å²) in [6.45, 7) is 3.06. The Balaban J connectivity index is 1.81. The van der Waals surface area contributed by atoms with E-state index in [0.29, 0.717) is 5.56 Å². The van der Waals surface area contributed by atoms with Gasteiger partial charge in [0.05, 0.1) is 0 Å². The normalized spacial score (nSPS) is 16.8. The number of benzene rings is 1. The van der Waals surface area contributed by atoms with E-state index in [-0.39, 0.29) is 17.9 Å². The summed E-state index contributed by atoms with van der Waals surface area (Å²) >= 11 is 3.30. The van der Waals surface area contributed by atoms with E-state index in [0.717, 1.165) is 30.2 Å². The lowest BCUT2D eigenvalue weighted by atomic mass is 10.2. The number of halogens is 1. The first-order chi connectivity index (χ1) is 11.9. The Labute approximate surface area is 155 Å². The molecule has 2 N–H and O–H groups in total. The standard InChI is InChI=1S/C18H23BrN2O4/c1-11(20-17(23)13-7-9-14(19)10-8-13)18(24)25-12(2)16(22)21-15-5-3-4-6-15/h7-12,15H,3-6H2,1-2H3,(H,20,23)(H,21,22)/t11-,12+/m0/s1. The Hall–Kier alpha value is -1.89. The van der Waals surface area contributed by atoms with Crippen molar-refractivity contribution >= 4 is 33.7 Å². The van der Waals surface area contributed by atoms with Crippen molar-refractivity contribution in [3.05, 3.63) is 34.3 Å². The van der Waals surface area contributed by atoms with Crippen molar-refractivity contribution in [3.8, 4) is 0 Å². The van der Waals surface area contributed by atoms with E-state index < -0.39 is 18.1 Å². The van der Waals surface area contributed by atoms with Crippen LogP contribution in [0.3, 0.4) is 0 Å². The quantitative estimate of drug-likeness (QED) is 0.705. The summed E-state index contributed by atoms with van der Waals surface area (Å²) in [7, 11) is 0. The highest BCUT2D eigenvalue weighted by Crippen LogP contribution is 2.17. The topological polar surface area (TPSA) is 84.5 Å². The molecule has 2 atom stereocenters. The van der Waals surface area contributed by atoms with Gasteiger partial charge < -0.3 is 15.4 Å². The molecule has 0 radical (unpaired) electrons. The van der Waals surface area contributed by atoms with Crippen molar-refractivity contribution in [1.29, 1.82) is 0 Å². The maximum atomic E-state index is 12.1. The fraction of sp³-hybridized carbons (Fsp3) is 0.500. The molecule has 2 rings (SSSR count). The van der Waals surface area contributed by atoms with Gasteiger partial charge in [0.1, 0.15) is 6.04 Å². The number of nitrogens with one attached hydrogen (secondary N) is 2. The molecule has 0 saturated heterocycles. The van der Waals surface area contributed by atoms with Gasteiger partial charge in [-0.25, -0.2) is 4.79 Å². The second-order valence-corrected chi connectivity index (χ2v) is 7.19. The summed E-state index contributed by atoms with van der Waals surface area (Å²) in [4.78, 5) is 36.3. The minimum atomic E-state index is -0.889. The molecule has 0 heterocycles. The van der Waals surface area contributed by atoms with E-state index in [1.54, 1.807) is 24.3 Å². The molecule has 0 aromatic heterocycles. The number of ether oxygens (including phenoxy) is 1. The molecule has 1 aromatic carbocycles. The largest absolute Gasteiger partial charge is 0.451 e. The van der Waals surface area contributed by atoms with Crippen molar-refractivity contribution in [1.82, 2.24) is 10.6 Å². The molecule has 1 aliphatic rings. The van der Waals surface area contributed by atoms with Gasteiger partial charge in [-0.3, -0.25) is 9.59 Å². The highest BCUT2D eigenvalue weighted by atomic mass is 79.9. The van der Waals surface area contributed by atoms with Crippen LogP contribution in [0.2, 0.25) is 0 Å². The van der Waals surface area contributed by atoms with Crippen LogP contribution < -0.4 is 10.6 Å². The van der Waals surface area contributed by atoms with Gasteiger partial charge in [-0.1, -0.05) is 28.8 Å². The molecule has 0 spiro atoms. The minimum Gasteiger partial charge on any atom is -0.451 e. The molecule has 6 nitrogen and oxygen atoms in total. The minimum absolute atomic E-state index is 0.170. The van der Waals surface area contributed by atoms with Gasteiger partial charge in [-0.15, -0.1) is 0 Å². The number of carbonyl (C=O) groups is 3. The van der Waals surface area contributed by atoms with Gasteiger partial charge in [0.25, 0.3) is 11.8 Å². The first-order valence-corrected chi connectivity index (χ1v) is 9.23. The number of hydrogen-bond donors (Lipinski definition) is 2. The third-order valence-corrected chi connectivity index (χ3v) is 4.70. The molecule has 0 unspecified atom stereocenters. The molecular formula is C18H23BrN2O4. The summed E-state index contributed by atoms with van der Waals surface area (Å²) in [5.74, 6) is -1.31. The molecule has 2 amide bonds.